The van der Waals surface area contributed by atoms with Gasteiger partial charge in [0.05, 0.1) is 4.90 Å². The van der Waals surface area contributed by atoms with E-state index in [1.165, 1.54) is 32.0 Å². The van der Waals surface area contributed by atoms with Crippen molar-refractivity contribution in [2.24, 2.45) is 5.73 Å². The number of rotatable bonds is 6. The number of carbonyl (C=O) groups excluding carboxylic acids is 2. The zero-order chi connectivity index (χ0) is 27.6. The van der Waals surface area contributed by atoms with Gasteiger partial charge in [-0.25, -0.2) is 17.5 Å². The molecule has 2 heterocycles. The van der Waals surface area contributed by atoms with Crippen molar-refractivity contribution < 1.29 is 22.4 Å². The Morgan fingerprint density at radius 1 is 1.00 bits per heavy atom. The summed E-state index contributed by atoms with van der Waals surface area (Å²) in [6.07, 6.45) is 1.68. The molecule has 38 heavy (non-hydrogen) atoms. The molecular weight excluding hydrogens is 509 g/mol. The molecule has 0 aromatic heterocycles. The summed E-state index contributed by atoms with van der Waals surface area (Å²) in [6, 6.07) is 10.7. The van der Waals surface area contributed by atoms with E-state index in [1.54, 1.807) is 24.3 Å². The lowest BCUT2D eigenvalue weighted by atomic mass is 9.99. The normalized spacial score (nSPS) is 17.4. The minimum atomic E-state index is -4.04. The van der Waals surface area contributed by atoms with Crippen LogP contribution in [0, 0.1) is 5.82 Å². The van der Waals surface area contributed by atoms with Crippen molar-refractivity contribution in [1.29, 1.82) is 0 Å². The van der Waals surface area contributed by atoms with E-state index in [0.29, 0.717) is 26.2 Å². The number of piperazine rings is 1. The molecule has 204 valence electrons. The Hall–Kier alpha value is -3.60. The standard InChI is InChI=1S/C27H34FN5O4S/c1-18(19(2)29)26(34)30-38(36,37)24-9-7-23(8-10-24)31-13-15-32(16-14-31)27(35)20(3)33-12-4-5-21-17-22(28)6-11-25(21)33/h6-11,17,20H,4-5,12-16,29H2,1-3H3,(H,30,34)/t20-/m1/s1. The topological polar surface area (TPSA) is 116 Å². The van der Waals surface area contributed by atoms with Crippen LogP contribution in [-0.4, -0.2) is 63.9 Å². The zero-order valence-corrected chi connectivity index (χ0v) is 22.7. The molecule has 2 aromatic rings. The average molecular weight is 544 g/mol. The lowest BCUT2D eigenvalue weighted by molar-refractivity contribution is -0.132. The number of nitrogens with two attached hydrogens (primary N) is 1. The number of halogens is 1. The lowest BCUT2D eigenvalue weighted by Gasteiger charge is -2.41. The number of carbonyl (C=O) groups is 2. The second-order valence-corrected chi connectivity index (χ2v) is 11.5. The lowest BCUT2D eigenvalue weighted by Crippen LogP contribution is -2.55. The molecule has 1 saturated heterocycles. The van der Waals surface area contributed by atoms with Crippen LogP contribution in [0.3, 0.4) is 0 Å². The monoisotopic (exact) mass is 543 g/mol. The summed E-state index contributed by atoms with van der Waals surface area (Å²) >= 11 is 0. The van der Waals surface area contributed by atoms with E-state index in [2.05, 4.69) is 9.80 Å². The largest absolute Gasteiger partial charge is 0.402 e. The van der Waals surface area contributed by atoms with Crippen LogP contribution in [0.1, 0.15) is 32.8 Å². The van der Waals surface area contributed by atoms with E-state index in [4.69, 9.17) is 5.73 Å². The number of allylic oxidation sites excluding steroid dienone is 1. The number of benzene rings is 2. The Morgan fingerprint density at radius 3 is 2.29 bits per heavy atom. The van der Waals surface area contributed by atoms with E-state index in [0.717, 1.165) is 36.3 Å². The zero-order valence-electron chi connectivity index (χ0n) is 21.9. The van der Waals surface area contributed by atoms with E-state index < -0.39 is 15.9 Å². The van der Waals surface area contributed by atoms with Crippen LogP contribution in [0.2, 0.25) is 0 Å². The third-order valence-corrected chi connectivity index (χ3v) is 8.63. The van der Waals surface area contributed by atoms with Gasteiger partial charge in [0.2, 0.25) is 5.91 Å². The van der Waals surface area contributed by atoms with Gasteiger partial charge in [-0.2, -0.15) is 0 Å². The number of sulfonamides is 1. The van der Waals surface area contributed by atoms with Gasteiger partial charge >= 0.3 is 0 Å². The van der Waals surface area contributed by atoms with Crippen molar-refractivity contribution in [3.8, 4) is 0 Å². The van der Waals surface area contributed by atoms with Gasteiger partial charge < -0.3 is 20.4 Å². The maximum absolute atomic E-state index is 13.7. The summed E-state index contributed by atoms with van der Waals surface area (Å²) < 4.78 is 40.9. The first-order valence-corrected chi connectivity index (χ1v) is 14.1. The molecule has 0 spiro atoms. The van der Waals surface area contributed by atoms with Crippen molar-refractivity contribution >= 4 is 33.2 Å². The number of amides is 2. The van der Waals surface area contributed by atoms with Crippen LogP contribution in [0.4, 0.5) is 15.8 Å². The Labute approximate surface area is 223 Å². The highest BCUT2D eigenvalue weighted by Crippen LogP contribution is 2.30. The maximum Gasteiger partial charge on any atom is 0.264 e. The molecule has 0 saturated carbocycles. The van der Waals surface area contributed by atoms with E-state index >= 15 is 0 Å². The smallest absolute Gasteiger partial charge is 0.264 e. The molecule has 11 heteroatoms. The van der Waals surface area contributed by atoms with Gasteiger partial charge in [0.15, 0.2) is 0 Å². The number of anilines is 2. The second-order valence-electron chi connectivity index (χ2n) is 9.79. The van der Waals surface area contributed by atoms with Crippen LogP contribution in [0.15, 0.2) is 58.6 Å². The highest BCUT2D eigenvalue weighted by Gasteiger charge is 2.31. The molecule has 2 amide bonds. The molecule has 0 aliphatic carbocycles. The molecule has 0 unspecified atom stereocenters. The minimum absolute atomic E-state index is 0.0265. The molecule has 4 rings (SSSR count). The van der Waals surface area contributed by atoms with Gasteiger partial charge in [-0.05, 0) is 81.6 Å². The van der Waals surface area contributed by atoms with Gasteiger partial charge in [0, 0.05) is 55.4 Å². The highest BCUT2D eigenvalue weighted by molar-refractivity contribution is 7.90. The van der Waals surface area contributed by atoms with Crippen molar-refractivity contribution in [1.82, 2.24) is 9.62 Å². The first kappa shape index (κ1) is 27.4. The van der Waals surface area contributed by atoms with Gasteiger partial charge in [-0.1, -0.05) is 0 Å². The predicted molar refractivity (Wildman–Crippen MR) is 145 cm³/mol. The number of fused-ring (bicyclic) bond motifs is 1. The molecular formula is C27H34FN5O4S. The summed E-state index contributed by atoms with van der Waals surface area (Å²) in [5.74, 6) is -0.981. The molecule has 2 aliphatic heterocycles. The summed E-state index contributed by atoms with van der Waals surface area (Å²) in [4.78, 5) is 31.4. The van der Waals surface area contributed by atoms with Gasteiger partial charge in [-0.15, -0.1) is 0 Å². The minimum Gasteiger partial charge on any atom is -0.402 e. The molecule has 1 fully saturated rings. The Morgan fingerprint density at radius 2 is 1.66 bits per heavy atom. The molecule has 3 N–H and O–H groups in total. The van der Waals surface area contributed by atoms with Gasteiger partial charge in [0.1, 0.15) is 11.9 Å². The first-order chi connectivity index (χ1) is 18.0. The molecule has 9 nitrogen and oxygen atoms in total. The van der Waals surface area contributed by atoms with Crippen LogP contribution < -0.4 is 20.3 Å². The highest BCUT2D eigenvalue weighted by atomic mass is 32.2. The van der Waals surface area contributed by atoms with Crippen LogP contribution >= 0.6 is 0 Å². The first-order valence-electron chi connectivity index (χ1n) is 12.7. The average Bonchev–Trinajstić information content (AvgIpc) is 2.91. The Kier molecular flexibility index (Phi) is 7.96. The van der Waals surface area contributed by atoms with Crippen molar-refractivity contribution in [2.45, 2.75) is 44.6 Å². The summed E-state index contributed by atoms with van der Waals surface area (Å²) in [5.41, 5.74) is 8.66. The third kappa shape index (κ3) is 5.77. The van der Waals surface area contributed by atoms with Gasteiger partial charge in [-0.3, -0.25) is 9.59 Å². The number of nitrogens with zero attached hydrogens (tertiary/aromatic N) is 3. The Balaban J connectivity index is 1.36. The summed E-state index contributed by atoms with van der Waals surface area (Å²) in [5, 5.41) is 0. The summed E-state index contributed by atoms with van der Waals surface area (Å²) in [6.45, 7) is 7.91. The fourth-order valence-electron chi connectivity index (χ4n) is 4.85. The molecule has 1 atom stereocenters. The molecule has 2 aliphatic rings. The SMILES string of the molecule is CC(N)=C(C)C(=O)NS(=O)(=O)c1ccc(N2CCN(C(=O)[C@@H](C)N3CCCc4cc(F)ccc43)CC2)cc1. The second kappa shape index (κ2) is 11.0. The number of nitrogens with one attached hydrogen (secondary N) is 1. The fraction of sp³-hybridized carbons (Fsp3) is 0.407. The van der Waals surface area contributed by atoms with Gasteiger partial charge in [0.25, 0.3) is 15.9 Å². The predicted octanol–water partition coefficient (Wildman–Crippen LogP) is 2.37. The van der Waals surface area contributed by atoms with Crippen LogP contribution in [0.5, 0.6) is 0 Å². The van der Waals surface area contributed by atoms with Crippen LogP contribution in [-0.2, 0) is 26.0 Å². The third-order valence-electron chi connectivity index (χ3n) is 7.28. The number of hydrogen-bond donors (Lipinski definition) is 2. The molecule has 0 radical (unpaired) electrons. The maximum atomic E-state index is 13.7. The van der Waals surface area contributed by atoms with E-state index in [-0.39, 0.29) is 33.9 Å². The molecule has 2 aromatic carbocycles. The van der Waals surface area contributed by atoms with E-state index in [1.807, 2.05) is 16.5 Å². The quantitative estimate of drug-likeness (QED) is 0.538. The molecule has 0 bridgehead atoms. The van der Waals surface area contributed by atoms with Crippen molar-refractivity contribution in [3.63, 3.8) is 0 Å². The van der Waals surface area contributed by atoms with E-state index in [9.17, 15) is 22.4 Å². The van der Waals surface area contributed by atoms with Crippen LogP contribution in [0.25, 0.3) is 0 Å². The fourth-order valence-corrected chi connectivity index (χ4v) is 5.86. The summed E-state index contributed by atoms with van der Waals surface area (Å²) in [7, 11) is -4.04. The number of aryl methyl sites for hydroxylation is 1. The van der Waals surface area contributed by atoms with Crippen molar-refractivity contribution in [3.05, 3.63) is 65.1 Å². The Bertz CT molecular complexity index is 1350. The van der Waals surface area contributed by atoms with Crippen molar-refractivity contribution in [2.75, 3.05) is 42.5 Å². The number of hydrogen-bond acceptors (Lipinski definition) is 7.